The lowest BCUT2D eigenvalue weighted by atomic mass is 9.99. The predicted molar refractivity (Wildman–Crippen MR) is 108 cm³/mol. The van der Waals surface area contributed by atoms with Crippen LogP contribution >= 0.6 is 0 Å². The third-order valence-corrected chi connectivity index (χ3v) is 4.20. The van der Waals surface area contributed by atoms with Crippen molar-refractivity contribution in [3.63, 3.8) is 0 Å². The van der Waals surface area contributed by atoms with Crippen LogP contribution in [0.5, 0.6) is 17.2 Å². The number of carbonyl (C=O) groups excluding carboxylic acids is 2. The number of nitrogens with one attached hydrogen (secondary N) is 1. The minimum absolute atomic E-state index is 0.121. The first kappa shape index (κ1) is 21.0. The van der Waals surface area contributed by atoms with Gasteiger partial charge >= 0.3 is 0 Å². The van der Waals surface area contributed by atoms with Crippen molar-refractivity contribution in [2.75, 3.05) is 27.9 Å². The Morgan fingerprint density at radius 3 is 2.25 bits per heavy atom. The third kappa shape index (κ3) is 5.36. The molecule has 148 valence electrons. The average molecular weight is 383 g/mol. The Morgan fingerprint density at radius 1 is 0.964 bits per heavy atom. The van der Waals surface area contributed by atoms with Crippen molar-refractivity contribution in [3.05, 3.63) is 59.2 Å². The molecule has 6 heteroatoms. The first-order chi connectivity index (χ1) is 13.5. The summed E-state index contributed by atoms with van der Waals surface area (Å²) in [6.45, 7) is 1.87. The highest BCUT2D eigenvalue weighted by atomic mass is 16.5. The van der Waals surface area contributed by atoms with Gasteiger partial charge in [-0.3, -0.25) is 9.59 Å². The summed E-state index contributed by atoms with van der Waals surface area (Å²) in [7, 11) is 4.65. The number of hydrogen-bond donors (Lipinski definition) is 1. The summed E-state index contributed by atoms with van der Waals surface area (Å²) in [4.78, 5) is 24.0. The van der Waals surface area contributed by atoms with Crippen molar-refractivity contribution in [2.24, 2.45) is 0 Å². The number of ether oxygens (including phenoxy) is 3. The molecular weight excluding hydrogens is 358 g/mol. The first-order valence-corrected chi connectivity index (χ1v) is 8.85. The van der Waals surface area contributed by atoms with E-state index in [4.69, 9.17) is 14.2 Å². The summed E-state index contributed by atoms with van der Waals surface area (Å²) >= 11 is 0. The second-order valence-corrected chi connectivity index (χ2v) is 6.04. The summed E-state index contributed by atoms with van der Waals surface area (Å²) in [5.74, 6) is 1.39. The Balaban J connectivity index is 2.35. The summed E-state index contributed by atoms with van der Waals surface area (Å²) in [6.07, 6.45) is 3.71. The molecule has 2 aromatic carbocycles. The van der Waals surface area contributed by atoms with Gasteiger partial charge in [0.05, 0.1) is 21.3 Å². The Hall–Kier alpha value is -3.28. The summed E-state index contributed by atoms with van der Waals surface area (Å²) < 4.78 is 16.0. The molecule has 2 rings (SSSR count). The maximum absolute atomic E-state index is 12.9. The molecule has 0 aliphatic carbocycles. The van der Waals surface area contributed by atoms with Gasteiger partial charge in [-0.2, -0.15) is 0 Å². The lowest BCUT2D eigenvalue weighted by Gasteiger charge is -2.14. The van der Waals surface area contributed by atoms with E-state index in [0.29, 0.717) is 35.8 Å². The number of benzene rings is 2. The van der Waals surface area contributed by atoms with Crippen LogP contribution < -0.4 is 19.5 Å². The van der Waals surface area contributed by atoms with Crippen LogP contribution in [-0.2, 0) is 11.2 Å². The topological polar surface area (TPSA) is 73.9 Å². The fourth-order valence-electron chi connectivity index (χ4n) is 2.79. The van der Waals surface area contributed by atoms with Crippen molar-refractivity contribution in [2.45, 2.75) is 13.3 Å². The van der Waals surface area contributed by atoms with Crippen LogP contribution in [0.2, 0.25) is 0 Å². The van der Waals surface area contributed by atoms with Gasteiger partial charge in [0.1, 0.15) is 5.75 Å². The molecule has 1 amide bonds. The van der Waals surface area contributed by atoms with Crippen LogP contribution in [0, 0.1) is 0 Å². The number of carbonyl (C=O) groups is 2. The summed E-state index contributed by atoms with van der Waals surface area (Å²) in [5.41, 5.74) is 2.06. The van der Waals surface area contributed by atoms with E-state index in [-0.39, 0.29) is 11.7 Å². The van der Waals surface area contributed by atoms with E-state index in [9.17, 15) is 9.59 Å². The van der Waals surface area contributed by atoms with Crippen molar-refractivity contribution in [1.29, 1.82) is 0 Å². The van der Waals surface area contributed by atoms with E-state index < -0.39 is 0 Å². The zero-order valence-corrected chi connectivity index (χ0v) is 16.6. The van der Waals surface area contributed by atoms with Gasteiger partial charge in [-0.05, 0) is 42.3 Å². The molecule has 0 heterocycles. The Morgan fingerprint density at radius 2 is 1.61 bits per heavy atom. The van der Waals surface area contributed by atoms with Crippen molar-refractivity contribution in [3.8, 4) is 17.2 Å². The van der Waals surface area contributed by atoms with Gasteiger partial charge in [0, 0.05) is 24.6 Å². The normalized spacial score (nSPS) is 10.6. The first-order valence-electron chi connectivity index (χ1n) is 8.85. The van der Waals surface area contributed by atoms with Crippen LogP contribution in [0.1, 0.15) is 28.4 Å². The maximum atomic E-state index is 12.9. The lowest BCUT2D eigenvalue weighted by molar-refractivity contribution is -0.118. The van der Waals surface area contributed by atoms with Gasteiger partial charge in [0.25, 0.3) is 0 Å². The number of methoxy groups -OCH3 is 3. The van der Waals surface area contributed by atoms with E-state index in [1.165, 1.54) is 20.1 Å². The molecule has 0 aromatic heterocycles. The number of ketones is 1. The largest absolute Gasteiger partial charge is 0.496 e. The highest BCUT2D eigenvalue weighted by molar-refractivity contribution is 6.08. The van der Waals surface area contributed by atoms with E-state index in [1.54, 1.807) is 32.4 Å². The zero-order valence-electron chi connectivity index (χ0n) is 16.6. The van der Waals surface area contributed by atoms with E-state index in [1.807, 2.05) is 24.3 Å². The van der Waals surface area contributed by atoms with Crippen LogP contribution in [-0.4, -0.2) is 39.6 Å². The minimum atomic E-state index is -0.176. The molecule has 0 saturated heterocycles. The molecule has 0 fully saturated rings. The molecule has 28 heavy (non-hydrogen) atoms. The Bertz CT molecular complexity index is 873. The number of allylic oxidation sites excluding steroid dienone is 1. The standard InChI is InChI=1S/C22H25NO5/c1-15(24)23-12-11-17-13-21(27-3)22(28-4)14-18(17)19(25)10-9-16-7-5-6-8-20(16)26-2/h5-10,13-14H,11-12H2,1-4H3,(H,23,24)/b10-9+. The van der Waals surface area contributed by atoms with Gasteiger partial charge < -0.3 is 19.5 Å². The highest BCUT2D eigenvalue weighted by Gasteiger charge is 2.15. The molecule has 6 nitrogen and oxygen atoms in total. The molecule has 2 aromatic rings. The van der Waals surface area contributed by atoms with Crippen molar-refractivity contribution in [1.82, 2.24) is 5.32 Å². The molecule has 0 aliphatic heterocycles. The van der Waals surface area contributed by atoms with Crippen LogP contribution in [0.25, 0.3) is 6.08 Å². The third-order valence-electron chi connectivity index (χ3n) is 4.20. The highest BCUT2D eigenvalue weighted by Crippen LogP contribution is 2.31. The quantitative estimate of drug-likeness (QED) is 0.531. The van der Waals surface area contributed by atoms with Gasteiger partial charge in [0.2, 0.25) is 5.91 Å². The predicted octanol–water partition coefficient (Wildman–Crippen LogP) is 3.29. The van der Waals surface area contributed by atoms with Crippen LogP contribution in [0.4, 0.5) is 0 Å². The smallest absolute Gasteiger partial charge is 0.216 e. The molecule has 0 spiro atoms. The monoisotopic (exact) mass is 383 g/mol. The minimum Gasteiger partial charge on any atom is -0.496 e. The number of para-hydroxylation sites is 1. The van der Waals surface area contributed by atoms with Gasteiger partial charge in [0.15, 0.2) is 17.3 Å². The molecule has 0 radical (unpaired) electrons. The molecule has 0 unspecified atom stereocenters. The Kier molecular flexibility index (Phi) is 7.63. The fraction of sp³-hybridized carbons (Fsp3) is 0.273. The second-order valence-electron chi connectivity index (χ2n) is 6.04. The maximum Gasteiger partial charge on any atom is 0.216 e. The molecular formula is C22H25NO5. The summed E-state index contributed by atoms with van der Waals surface area (Å²) in [5, 5.41) is 2.74. The molecule has 0 aliphatic rings. The summed E-state index contributed by atoms with van der Waals surface area (Å²) in [6, 6.07) is 10.9. The van der Waals surface area contributed by atoms with Crippen molar-refractivity contribution < 1.29 is 23.8 Å². The number of amides is 1. The lowest BCUT2D eigenvalue weighted by Crippen LogP contribution is -2.23. The SMILES string of the molecule is COc1ccccc1/C=C/C(=O)c1cc(OC)c(OC)cc1CCNC(C)=O. The van der Waals surface area contributed by atoms with Gasteiger partial charge in [-0.1, -0.05) is 18.2 Å². The van der Waals surface area contributed by atoms with Crippen LogP contribution in [0.3, 0.4) is 0 Å². The molecule has 0 atom stereocenters. The van der Waals surface area contributed by atoms with Gasteiger partial charge in [-0.15, -0.1) is 0 Å². The van der Waals surface area contributed by atoms with E-state index in [0.717, 1.165) is 11.1 Å². The van der Waals surface area contributed by atoms with E-state index in [2.05, 4.69) is 5.32 Å². The van der Waals surface area contributed by atoms with Crippen molar-refractivity contribution >= 4 is 17.8 Å². The average Bonchev–Trinajstić information content (AvgIpc) is 2.71. The molecule has 0 saturated carbocycles. The van der Waals surface area contributed by atoms with E-state index >= 15 is 0 Å². The molecule has 1 N–H and O–H groups in total. The van der Waals surface area contributed by atoms with Crippen LogP contribution in [0.15, 0.2) is 42.5 Å². The zero-order chi connectivity index (χ0) is 20.5. The number of rotatable bonds is 9. The molecule has 0 bridgehead atoms. The Labute approximate surface area is 165 Å². The fourth-order valence-corrected chi connectivity index (χ4v) is 2.79. The van der Waals surface area contributed by atoms with Gasteiger partial charge in [-0.25, -0.2) is 0 Å². The number of hydrogen-bond acceptors (Lipinski definition) is 5. The second kappa shape index (κ2) is 10.2.